The molecule has 0 radical (unpaired) electrons. The van der Waals surface area contributed by atoms with E-state index in [1.807, 2.05) is 6.07 Å². The Morgan fingerprint density at radius 2 is 1.84 bits per heavy atom. The second kappa shape index (κ2) is 8.16. The quantitative estimate of drug-likeness (QED) is 0.773. The Hall–Kier alpha value is -1.09. The molecule has 19 heavy (non-hydrogen) atoms. The minimum absolute atomic E-state index is 0.247. The van der Waals surface area contributed by atoms with Crippen LogP contribution in [0.3, 0.4) is 0 Å². The molecule has 1 rings (SSSR count). The fraction of sp³-hybridized carbons (Fsp3) is 0.625. The molecule has 0 aliphatic rings. The van der Waals surface area contributed by atoms with E-state index in [1.54, 1.807) is 6.07 Å². The Bertz CT molecular complexity index is 373. The molecule has 0 heterocycles. The number of ether oxygens (including phenoxy) is 1. The molecule has 0 saturated carbocycles. The van der Waals surface area contributed by atoms with Gasteiger partial charge in [-0.2, -0.15) is 0 Å². The SMILES string of the molecule is CCCC(CCC)C(O)Cc1ccc(OC)c(F)c1. The van der Waals surface area contributed by atoms with E-state index in [0.717, 1.165) is 31.2 Å². The summed E-state index contributed by atoms with van der Waals surface area (Å²) in [6.45, 7) is 4.25. The zero-order valence-corrected chi connectivity index (χ0v) is 12.2. The first-order chi connectivity index (χ1) is 9.12. The summed E-state index contributed by atoms with van der Waals surface area (Å²) < 4.78 is 18.5. The van der Waals surface area contributed by atoms with Crippen molar-refractivity contribution in [2.24, 2.45) is 5.92 Å². The van der Waals surface area contributed by atoms with Crippen molar-refractivity contribution in [1.29, 1.82) is 0 Å². The van der Waals surface area contributed by atoms with E-state index in [4.69, 9.17) is 4.74 Å². The molecular formula is C16H25FO2. The summed E-state index contributed by atoms with van der Waals surface area (Å²) in [4.78, 5) is 0. The second-order valence-electron chi connectivity index (χ2n) is 5.08. The number of hydrogen-bond acceptors (Lipinski definition) is 2. The molecule has 1 N–H and O–H groups in total. The number of methoxy groups -OCH3 is 1. The molecule has 0 fully saturated rings. The van der Waals surface area contributed by atoms with Gasteiger partial charge in [0.25, 0.3) is 0 Å². The monoisotopic (exact) mass is 268 g/mol. The summed E-state index contributed by atoms with van der Waals surface area (Å²) in [6, 6.07) is 4.89. The Kier molecular flexibility index (Phi) is 6.85. The van der Waals surface area contributed by atoms with Gasteiger partial charge in [0.05, 0.1) is 13.2 Å². The van der Waals surface area contributed by atoms with E-state index in [0.29, 0.717) is 12.3 Å². The Labute approximate surface area is 115 Å². The van der Waals surface area contributed by atoms with Gasteiger partial charge in [0, 0.05) is 0 Å². The molecule has 0 saturated heterocycles. The standard InChI is InChI=1S/C16H25FO2/c1-4-6-13(7-5-2)15(18)11-12-8-9-16(19-3)14(17)10-12/h8-10,13,15,18H,4-7,11H2,1-3H3. The number of benzene rings is 1. The highest BCUT2D eigenvalue weighted by Gasteiger charge is 2.18. The lowest BCUT2D eigenvalue weighted by Gasteiger charge is -2.22. The van der Waals surface area contributed by atoms with E-state index < -0.39 is 6.10 Å². The maximum atomic E-state index is 13.6. The number of rotatable bonds is 8. The van der Waals surface area contributed by atoms with Gasteiger partial charge in [0.1, 0.15) is 0 Å². The number of aliphatic hydroxyl groups excluding tert-OH is 1. The first-order valence-electron chi connectivity index (χ1n) is 7.12. The van der Waals surface area contributed by atoms with Crippen molar-refractivity contribution in [2.75, 3.05) is 7.11 Å². The molecule has 1 aromatic rings. The summed E-state index contributed by atoms with van der Waals surface area (Å²) in [5, 5.41) is 10.3. The van der Waals surface area contributed by atoms with Gasteiger partial charge in [-0.05, 0) is 42.9 Å². The van der Waals surface area contributed by atoms with Gasteiger partial charge in [-0.25, -0.2) is 4.39 Å². The van der Waals surface area contributed by atoms with Gasteiger partial charge in [0.2, 0.25) is 0 Å². The first kappa shape index (κ1) is 16.0. The van der Waals surface area contributed by atoms with Crippen molar-refractivity contribution in [2.45, 2.75) is 52.1 Å². The van der Waals surface area contributed by atoms with Gasteiger partial charge < -0.3 is 9.84 Å². The molecule has 108 valence electrons. The molecule has 2 nitrogen and oxygen atoms in total. The van der Waals surface area contributed by atoms with Crippen LogP contribution in [0.4, 0.5) is 4.39 Å². The minimum Gasteiger partial charge on any atom is -0.494 e. The van der Waals surface area contributed by atoms with Crippen molar-refractivity contribution in [3.63, 3.8) is 0 Å². The molecule has 1 unspecified atom stereocenters. The van der Waals surface area contributed by atoms with Crippen LogP contribution in [0.1, 0.15) is 45.1 Å². The second-order valence-corrected chi connectivity index (χ2v) is 5.08. The van der Waals surface area contributed by atoms with E-state index in [9.17, 15) is 9.50 Å². The summed E-state index contributed by atoms with van der Waals surface area (Å²) in [6.07, 6.45) is 4.29. The zero-order chi connectivity index (χ0) is 14.3. The molecule has 0 aromatic heterocycles. The van der Waals surface area contributed by atoms with Crippen LogP contribution in [-0.4, -0.2) is 18.3 Å². The number of aliphatic hydroxyl groups is 1. The Morgan fingerprint density at radius 3 is 2.32 bits per heavy atom. The average molecular weight is 268 g/mol. The number of hydrogen-bond donors (Lipinski definition) is 1. The van der Waals surface area contributed by atoms with E-state index >= 15 is 0 Å². The van der Waals surface area contributed by atoms with Gasteiger partial charge in [-0.15, -0.1) is 0 Å². The van der Waals surface area contributed by atoms with Crippen LogP contribution in [0.2, 0.25) is 0 Å². The van der Waals surface area contributed by atoms with Crippen LogP contribution in [-0.2, 0) is 6.42 Å². The molecule has 1 atom stereocenters. The highest BCUT2D eigenvalue weighted by Crippen LogP contribution is 2.23. The maximum Gasteiger partial charge on any atom is 0.165 e. The van der Waals surface area contributed by atoms with Crippen molar-refractivity contribution in [3.8, 4) is 5.75 Å². The molecule has 0 bridgehead atoms. The molecule has 0 amide bonds. The van der Waals surface area contributed by atoms with Crippen molar-refractivity contribution >= 4 is 0 Å². The summed E-state index contributed by atoms with van der Waals surface area (Å²) >= 11 is 0. The minimum atomic E-state index is -0.396. The fourth-order valence-corrected chi connectivity index (χ4v) is 2.52. The first-order valence-corrected chi connectivity index (χ1v) is 7.12. The largest absolute Gasteiger partial charge is 0.494 e. The van der Waals surface area contributed by atoms with Crippen LogP contribution < -0.4 is 4.74 Å². The molecule has 1 aromatic carbocycles. The van der Waals surface area contributed by atoms with Crippen LogP contribution in [0, 0.1) is 11.7 Å². The average Bonchev–Trinajstić information content (AvgIpc) is 2.38. The Morgan fingerprint density at radius 1 is 1.21 bits per heavy atom. The van der Waals surface area contributed by atoms with Crippen molar-refractivity contribution < 1.29 is 14.2 Å². The highest BCUT2D eigenvalue weighted by molar-refractivity contribution is 5.29. The van der Waals surface area contributed by atoms with E-state index in [1.165, 1.54) is 13.2 Å². The summed E-state index contributed by atoms with van der Waals surface area (Å²) in [7, 11) is 1.45. The molecule has 3 heteroatoms. The molecule has 0 aliphatic heterocycles. The highest BCUT2D eigenvalue weighted by atomic mass is 19.1. The van der Waals surface area contributed by atoms with Gasteiger partial charge in [-0.3, -0.25) is 0 Å². The van der Waals surface area contributed by atoms with Crippen LogP contribution in [0.15, 0.2) is 18.2 Å². The number of halogens is 1. The van der Waals surface area contributed by atoms with Crippen LogP contribution >= 0.6 is 0 Å². The third kappa shape index (κ3) is 4.83. The summed E-state index contributed by atoms with van der Waals surface area (Å²) in [5.74, 6) is 0.187. The zero-order valence-electron chi connectivity index (χ0n) is 12.2. The smallest absolute Gasteiger partial charge is 0.165 e. The van der Waals surface area contributed by atoms with Crippen LogP contribution in [0.5, 0.6) is 5.75 Å². The van der Waals surface area contributed by atoms with Crippen molar-refractivity contribution in [1.82, 2.24) is 0 Å². The van der Waals surface area contributed by atoms with Crippen LogP contribution in [0.25, 0.3) is 0 Å². The third-order valence-electron chi connectivity index (χ3n) is 3.52. The fourth-order valence-electron chi connectivity index (χ4n) is 2.52. The summed E-state index contributed by atoms with van der Waals surface area (Å²) in [5.41, 5.74) is 0.822. The predicted octanol–water partition coefficient (Wildman–Crippen LogP) is 3.95. The molecule has 0 spiro atoms. The Balaban J connectivity index is 2.68. The topological polar surface area (TPSA) is 29.5 Å². The van der Waals surface area contributed by atoms with E-state index in [2.05, 4.69) is 13.8 Å². The van der Waals surface area contributed by atoms with Crippen molar-refractivity contribution in [3.05, 3.63) is 29.6 Å². The third-order valence-corrected chi connectivity index (χ3v) is 3.52. The van der Waals surface area contributed by atoms with E-state index in [-0.39, 0.29) is 11.6 Å². The lowest BCUT2D eigenvalue weighted by atomic mass is 9.89. The lowest BCUT2D eigenvalue weighted by molar-refractivity contribution is 0.0962. The normalized spacial score (nSPS) is 12.7. The molecular weight excluding hydrogens is 243 g/mol. The molecule has 0 aliphatic carbocycles. The van der Waals surface area contributed by atoms with Gasteiger partial charge >= 0.3 is 0 Å². The lowest BCUT2D eigenvalue weighted by Crippen LogP contribution is -2.23. The van der Waals surface area contributed by atoms with Gasteiger partial charge in [0.15, 0.2) is 11.6 Å². The maximum absolute atomic E-state index is 13.6. The predicted molar refractivity (Wildman–Crippen MR) is 76.0 cm³/mol. The van der Waals surface area contributed by atoms with Gasteiger partial charge in [-0.1, -0.05) is 32.8 Å².